The van der Waals surface area contributed by atoms with Gasteiger partial charge in [0.25, 0.3) is 0 Å². The first-order chi connectivity index (χ1) is 17.1. The number of halogens is 2. The summed E-state index contributed by atoms with van der Waals surface area (Å²) < 4.78 is 40.2. The number of nitrogens with one attached hydrogen (secondary N) is 2. The number of carbonyl (C=O) groups is 1. The van der Waals surface area contributed by atoms with E-state index in [-0.39, 0.29) is 40.6 Å². The second-order valence-corrected chi connectivity index (χ2v) is 13.8. The maximum Gasteiger partial charge on any atom is 0.238 e. The van der Waals surface area contributed by atoms with Crippen molar-refractivity contribution in [3.8, 4) is 0 Å². The van der Waals surface area contributed by atoms with Gasteiger partial charge in [-0.25, -0.2) is 12.8 Å². The number of nitrogens with zero attached hydrogens (tertiary/aromatic N) is 1. The number of sulfone groups is 1. The van der Waals surface area contributed by atoms with E-state index in [1.54, 1.807) is 19.0 Å². The second kappa shape index (κ2) is 11.8. The first-order valence-electron chi connectivity index (χ1n) is 12.3. The van der Waals surface area contributed by atoms with Gasteiger partial charge in [-0.15, -0.1) is 0 Å². The third kappa shape index (κ3) is 8.22. The molecule has 1 amide bonds. The van der Waals surface area contributed by atoms with Gasteiger partial charge < -0.3 is 20.6 Å². The SMILES string of the molecule is CN(C)CC(=O)Nc1c(F)cc(C[C@@H]2CS(=O)(=O)C[C@H](NCc3cccc(C(C)(C)C)c3)[C@H]2O)cc1Cl. The summed E-state index contributed by atoms with van der Waals surface area (Å²) in [5, 5.41) is 16.8. The molecule has 0 bridgehead atoms. The highest BCUT2D eigenvalue weighted by atomic mass is 35.5. The van der Waals surface area contributed by atoms with E-state index in [0.29, 0.717) is 12.1 Å². The van der Waals surface area contributed by atoms with Gasteiger partial charge in [0, 0.05) is 18.5 Å². The van der Waals surface area contributed by atoms with Crippen LogP contribution in [-0.4, -0.2) is 68.6 Å². The molecule has 1 aliphatic heterocycles. The topological polar surface area (TPSA) is 98.7 Å². The van der Waals surface area contributed by atoms with Gasteiger partial charge in [0.1, 0.15) is 5.82 Å². The number of benzene rings is 2. The van der Waals surface area contributed by atoms with Gasteiger partial charge in [0.05, 0.1) is 34.9 Å². The minimum Gasteiger partial charge on any atom is -0.391 e. The summed E-state index contributed by atoms with van der Waals surface area (Å²) in [6, 6.07) is 10.1. The fraction of sp³-hybridized carbons (Fsp3) is 0.519. The average molecular weight is 554 g/mol. The molecule has 7 nitrogen and oxygen atoms in total. The molecule has 1 heterocycles. The molecule has 204 valence electrons. The molecule has 0 unspecified atom stereocenters. The fourth-order valence-electron chi connectivity index (χ4n) is 4.58. The Morgan fingerprint density at radius 3 is 2.49 bits per heavy atom. The average Bonchev–Trinajstić information content (AvgIpc) is 2.76. The van der Waals surface area contributed by atoms with Crippen molar-refractivity contribution in [2.75, 3.05) is 37.5 Å². The number of rotatable bonds is 8. The lowest BCUT2D eigenvalue weighted by atomic mass is 9.86. The second-order valence-electron chi connectivity index (χ2n) is 11.2. The number of aliphatic hydroxyl groups excluding tert-OH is 1. The minimum atomic E-state index is -3.44. The summed E-state index contributed by atoms with van der Waals surface area (Å²) in [5.74, 6) is -2.13. The van der Waals surface area contributed by atoms with Crippen LogP contribution in [0.25, 0.3) is 0 Å². The summed E-state index contributed by atoms with van der Waals surface area (Å²) in [4.78, 5) is 13.7. The summed E-state index contributed by atoms with van der Waals surface area (Å²) >= 11 is 6.25. The summed E-state index contributed by atoms with van der Waals surface area (Å²) in [5.41, 5.74) is 2.48. The maximum atomic E-state index is 14.8. The Morgan fingerprint density at radius 2 is 1.86 bits per heavy atom. The highest BCUT2D eigenvalue weighted by molar-refractivity contribution is 7.91. The smallest absolute Gasteiger partial charge is 0.238 e. The number of likely N-dealkylation sites (N-methyl/N-ethyl adjacent to an activating group) is 1. The maximum absolute atomic E-state index is 14.8. The highest BCUT2D eigenvalue weighted by Gasteiger charge is 2.39. The molecule has 0 radical (unpaired) electrons. The van der Waals surface area contributed by atoms with Gasteiger partial charge in [-0.3, -0.25) is 4.79 Å². The lowest BCUT2D eigenvalue weighted by molar-refractivity contribution is -0.116. The number of carbonyl (C=O) groups excluding carboxylic acids is 1. The van der Waals surface area contributed by atoms with E-state index < -0.39 is 39.6 Å². The number of hydrogen-bond acceptors (Lipinski definition) is 6. The van der Waals surface area contributed by atoms with Gasteiger partial charge in [0.2, 0.25) is 5.91 Å². The molecule has 1 fully saturated rings. The quantitative estimate of drug-likeness (QED) is 0.463. The van der Waals surface area contributed by atoms with Crippen molar-refractivity contribution in [3.63, 3.8) is 0 Å². The van der Waals surface area contributed by atoms with E-state index in [0.717, 1.165) is 5.56 Å². The normalized spacial score (nSPS) is 21.7. The number of hydrogen-bond donors (Lipinski definition) is 3. The van der Waals surface area contributed by atoms with Crippen molar-refractivity contribution in [1.82, 2.24) is 10.2 Å². The lowest BCUT2D eigenvalue weighted by Gasteiger charge is -2.35. The minimum absolute atomic E-state index is 0.0173. The Hall–Kier alpha value is -2.04. The standard InChI is InChI=1S/C27H37ClFN3O4S/c1-27(2,3)20-8-6-7-17(10-20)13-30-23-16-37(35,36)15-19(26(23)34)9-18-11-21(28)25(22(29)12-18)31-24(33)14-32(4)5/h6-8,10-12,19,23,26,30,34H,9,13-16H2,1-5H3,(H,31,33)/t19-,23+,26+/m1/s1. The van der Waals surface area contributed by atoms with Crippen LogP contribution in [0.2, 0.25) is 5.02 Å². The molecule has 3 N–H and O–H groups in total. The lowest BCUT2D eigenvalue weighted by Crippen LogP contribution is -2.54. The molecule has 37 heavy (non-hydrogen) atoms. The monoisotopic (exact) mass is 553 g/mol. The van der Waals surface area contributed by atoms with E-state index >= 15 is 0 Å². The summed E-state index contributed by atoms with van der Waals surface area (Å²) in [6.07, 6.45) is -0.823. The van der Waals surface area contributed by atoms with Crippen molar-refractivity contribution in [3.05, 3.63) is 63.9 Å². The molecular formula is C27H37ClFN3O4S. The highest BCUT2D eigenvalue weighted by Crippen LogP contribution is 2.30. The predicted molar refractivity (Wildman–Crippen MR) is 146 cm³/mol. The molecular weight excluding hydrogens is 517 g/mol. The summed E-state index contributed by atoms with van der Waals surface area (Å²) in [6.45, 7) is 6.86. The van der Waals surface area contributed by atoms with E-state index in [4.69, 9.17) is 11.6 Å². The molecule has 3 atom stereocenters. The van der Waals surface area contributed by atoms with Gasteiger partial charge in [-0.1, -0.05) is 56.6 Å². The molecule has 0 spiro atoms. The first-order valence-corrected chi connectivity index (χ1v) is 14.5. The van der Waals surface area contributed by atoms with Gasteiger partial charge in [-0.05, 0) is 54.8 Å². The third-order valence-corrected chi connectivity index (χ3v) is 8.58. The zero-order valence-electron chi connectivity index (χ0n) is 22.0. The van der Waals surface area contributed by atoms with Crippen molar-refractivity contribution < 1.29 is 22.7 Å². The largest absolute Gasteiger partial charge is 0.391 e. The van der Waals surface area contributed by atoms with Crippen LogP contribution in [0, 0.1) is 11.7 Å². The van der Waals surface area contributed by atoms with E-state index in [1.807, 2.05) is 12.1 Å². The summed E-state index contributed by atoms with van der Waals surface area (Å²) in [7, 11) is -0.00158. The van der Waals surface area contributed by atoms with E-state index in [9.17, 15) is 22.7 Å². The number of anilines is 1. The Balaban J connectivity index is 1.72. The molecule has 0 aromatic heterocycles. The molecule has 3 rings (SSSR count). The molecule has 2 aromatic rings. The number of aliphatic hydroxyl groups is 1. The van der Waals surface area contributed by atoms with Crippen molar-refractivity contribution >= 4 is 33.0 Å². The Bertz CT molecular complexity index is 1210. The fourth-order valence-corrected chi connectivity index (χ4v) is 6.82. The Labute approximate surface area is 224 Å². The third-order valence-electron chi connectivity index (χ3n) is 6.48. The Kier molecular flexibility index (Phi) is 9.40. The molecule has 0 aliphatic carbocycles. The van der Waals surface area contributed by atoms with Gasteiger partial charge >= 0.3 is 0 Å². The number of amides is 1. The van der Waals surface area contributed by atoms with Crippen LogP contribution in [0.3, 0.4) is 0 Å². The van der Waals surface area contributed by atoms with Crippen LogP contribution in [-0.2, 0) is 33.0 Å². The van der Waals surface area contributed by atoms with Crippen LogP contribution in [0.15, 0.2) is 36.4 Å². The van der Waals surface area contributed by atoms with Crippen molar-refractivity contribution in [1.29, 1.82) is 0 Å². The van der Waals surface area contributed by atoms with Crippen LogP contribution in [0.4, 0.5) is 10.1 Å². The van der Waals surface area contributed by atoms with Crippen LogP contribution in [0.5, 0.6) is 0 Å². The van der Waals surface area contributed by atoms with Crippen LogP contribution in [0.1, 0.15) is 37.5 Å². The molecule has 0 saturated carbocycles. The van der Waals surface area contributed by atoms with Crippen LogP contribution < -0.4 is 10.6 Å². The molecule has 1 aliphatic rings. The van der Waals surface area contributed by atoms with Gasteiger partial charge in [0.15, 0.2) is 9.84 Å². The van der Waals surface area contributed by atoms with Crippen molar-refractivity contribution in [2.24, 2.45) is 5.92 Å². The van der Waals surface area contributed by atoms with E-state index in [1.165, 1.54) is 17.7 Å². The molecule has 10 heteroatoms. The van der Waals surface area contributed by atoms with E-state index in [2.05, 4.69) is 43.5 Å². The van der Waals surface area contributed by atoms with Gasteiger partial charge in [-0.2, -0.15) is 0 Å². The Morgan fingerprint density at radius 1 is 1.16 bits per heavy atom. The molecule has 1 saturated heterocycles. The predicted octanol–water partition coefficient (Wildman–Crippen LogP) is 3.38. The zero-order chi connectivity index (χ0) is 27.5. The van der Waals surface area contributed by atoms with Crippen molar-refractivity contribution in [2.45, 2.75) is 51.3 Å². The van der Waals surface area contributed by atoms with Crippen LogP contribution >= 0.6 is 11.6 Å². The first kappa shape index (κ1) is 29.5. The zero-order valence-corrected chi connectivity index (χ0v) is 23.6. The molecule has 2 aromatic carbocycles.